The SMILES string of the molecule is COC(=O)C[C@@H](C(=O)OC)[C@H](NC(=O)c1ccc(C(C)(C)C)cc1)C(=O)OC. The van der Waals surface area contributed by atoms with Crippen molar-refractivity contribution >= 4 is 23.8 Å². The molecule has 1 aromatic carbocycles. The Morgan fingerprint density at radius 3 is 1.86 bits per heavy atom. The highest BCUT2D eigenvalue weighted by Gasteiger charge is 2.38. The molecule has 28 heavy (non-hydrogen) atoms. The van der Waals surface area contributed by atoms with Crippen molar-refractivity contribution in [3.05, 3.63) is 35.4 Å². The van der Waals surface area contributed by atoms with E-state index in [4.69, 9.17) is 4.74 Å². The minimum atomic E-state index is -1.41. The number of benzene rings is 1. The van der Waals surface area contributed by atoms with E-state index in [9.17, 15) is 19.2 Å². The van der Waals surface area contributed by atoms with E-state index in [0.717, 1.165) is 26.9 Å². The predicted molar refractivity (Wildman–Crippen MR) is 101 cm³/mol. The second-order valence-corrected chi connectivity index (χ2v) is 7.21. The molecule has 0 aromatic heterocycles. The van der Waals surface area contributed by atoms with Gasteiger partial charge in [0.05, 0.1) is 33.7 Å². The van der Waals surface area contributed by atoms with Crippen LogP contribution in [0.2, 0.25) is 0 Å². The van der Waals surface area contributed by atoms with Crippen LogP contribution in [0, 0.1) is 5.92 Å². The Morgan fingerprint density at radius 1 is 0.893 bits per heavy atom. The van der Waals surface area contributed by atoms with Crippen LogP contribution in [0.5, 0.6) is 0 Å². The molecule has 0 saturated heterocycles. The molecule has 8 nitrogen and oxygen atoms in total. The molecule has 1 amide bonds. The van der Waals surface area contributed by atoms with Crippen LogP contribution in [-0.2, 0) is 34.0 Å². The summed E-state index contributed by atoms with van der Waals surface area (Å²) in [5.74, 6) is -4.33. The quantitative estimate of drug-likeness (QED) is 0.554. The van der Waals surface area contributed by atoms with Gasteiger partial charge in [0, 0.05) is 5.56 Å². The van der Waals surface area contributed by atoms with Crippen LogP contribution in [0.15, 0.2) is 24.3 Å². The third-order valence-electron chi connectivity index (χ3n) is 4.28. The van der Waals surface area contributed by atoms with E-state index in [1.165, 1.54) is 0 Å². The minimum Gasteiger partial charge on any atom is -0.469 e. The van der Waals surface area contributed by atoms with E-state index < -0.39 is 42.2 Å². The Balaban J connectivity index is 3.12. The van der Waals surface area contributed by atoms with Crippen molar-refractivity contribution in [2.45, 2.75) is 38.6 Å². The molecule has 0 fully saturated rings. The molecular formula is C20H27NO7. The first-order valence-electron chi connectivity index (χ1n) is 8.69. The van der Waals surface area contributed by atoms with Gasteiger partial charge < -0.3 is 19.5 Å². The van der Waals surface area contributed by atoms with Crippen LogP contribution < -0.4 is 5.32 Å². The number of amides is 1. The molecule has 2 atom stereocenters. The molecule has 1 rings (SSSR count). The molecular weight excluding hydrogens is 366 g/mol. The van der Waals surface area contributed by atoms with Crippen molar-refractivity contribution in [1.82, 2.24) is 5.32 Å². The first-order valence-corrected chi connectivity index (χ1v) is 8.69. The maximum atomic E-state index is 12.6. The number of hydrogen-bond acceptors (Lipinski definition) is 7. The predicted octanol–water partition coefficient (Wildman–Crippen LogP) is 1.61. The first kappa shape index (κ1) is 23.1. The fourth-order valence-corrected chi connectivity index (χ4v) is 2.55. The number of esters is 3. The van der Waals surface area contributed by atoms with Gasteiger partial charge in [0.2, 0.25) is 0 Å². The zero-order valence-electron chi connectivity index (χ0n) is 17.0. The maximum Gasteiger partial charge on any atom is 0.329 e. The number of rotatable bonds is 7. The Morgan fingerprint density at radius 2 is 1.43 bits per heavy atom. The molecule has 0 spiro atoms. The summed E-state index contributed by atoms with van der Waals surface area (Å²) in [7, 11) is 3.39. The maximum absolute atomic E-state index is 12.6. The molecule has 8 heteroatoms. The van der Waals surface area contributed by atoms with Crippen molar-refractivity contribution < 1.29 is 33.4 Å². The third-order valence-corrected chi connectivity index (χ3v) is 4.28. The number of nitrogens with one attached hydrogen (secondary N) is 1. The summed E-state index contributed by atoms with van der Waals surface area (Å²) in [4.78, 5) is 48.6. The molecule has 0 aliphatic carbocycles. The summed E-state index contributed by atoms with van der Waals surface area (Å²) in [6, 6.07) is 5.46. The molecule has 0 unspecified atom stereocenters. The Bertz CT molecular complexity index is 719. The van der Waals surface area contributed by atoms with E-state index in [-0.39, 0.29) is 5.41 Å². The smallest absolute Gasteiger partial charge is 0.329 e. The number of hydrogen-bond donors (Lipinski definition) is 1. The zero-order valence-corrected chi connectivity index (χ0v) is 17.0. The second-order valence-electron chi connectivity index (χ2n) is 7.21. The number of methoxy groups -OCH3 is 3. The van der Waals surface area contributed by atoms with Crippen LogP contribution in [0.3, 0.4) is 0 Å². The lowest BCUT2D eigenvalue weighted by Crippen LogP contribution is -2.50. The largest absolute Gasteiger partial charge is 0.469 e. The average molecular weight is 393 g/mol. The topological polar surface area (TPSA) is 108 Å². The minimum absolute atomic E-state index is 0.0833. The lowest BCUT2D eigenvalue weighted by atomic mass is 9.86. The molecule has 0 bridgehead atoms. The number of ether oxygens (including phenoxy) is 3. The summed E-state index contributed by atoms with van der Waals surface area (Å²) in [5.41, 5.74) is 1.25. The molecule has 1 N–H and O–H groups in total. The summed E-state index contributed by atoms with van der Waals surface area (Å²) in [5, 5.41) is 2.46. The van der Waals surface area contributed by atoms with Gasteiger partial charge >= 0.3 is 17.9 Å². The van der Waals surface area contributed by atoms with Gasteiger partial charge in [-0.1, -0.05) is 32.9 Å². The van der Waals surface area contributed by atoms with E-state index in [2.05, 4.69) is 14.8 Å². The Kier molecular flexibility index (Phi) is 8.16. The number of carbonyl (C=O) groups is 4. The van der Waals surface area contributed by atoms with Crippen LogP contribution in [0.25, 0.3) is 0 Å². The lowest BCUT2D eigenvalue weighted by molar-refractivity contribution is -0.158. The van der Waals surface area contributed by atoms with Crippen LogP contribution >= 0.6 is 0 Å². The molecule has 154 valence electrons. The Labute approximate surface area is 164 Å². The summed E-state index contributed by atoms with van der Waals surface area (Å²) < 4.78 is 13.9. The average Bonchev–Trinajstić information content (AvgIpc) is 2.68. The molecule has 0 heterocycles. The summed E-state index contributed by atoms with van der Waals surface area (Å²) >= 11 is 0. The first-order chi connectivity index (χ1) is 13.0. The standard InChI is InChI=1S/C20H27NO7/c1-20(2,3)13-9-7-12(8-10-13)17(23)21-16(19(25)28-6)14(18(24)27-5)11-15(22)26-4/h7-10,14,16H,11H2,1-6H3,(H,21,23)/t14-,16+/m1/s1. The van der Waals surface area contributed by atoms with Gasteiger partial charge in [-0.05, 0) is 23.1 Å². The highest BCUT2D eigenvalue weighted by molar-refractivity contribution is 5.98. The van der Waals surface area contributed by atoms with Gasteiger partial charge in [-0.15, -0.1) is 0 Å². The van der Waals surface area contributed by atoms with Gasteiger partial charge in [-0.25, -0.2) is 4.79 Å². The van der Waals surface area contributed by atoms with Crippen LogP contribution in [0.4, 0.5) is 0 Å². The van der Waals surface area contributed by atoms with Crippen molar-refractivity contribution in [1.29, 1.82) is 0 Å². The van der Waals surface area contributed by atoms with Gasteiger partial charge in [0.25, 0.3) is 5.91 Å². The van der Waals surface area contributed by atoms with E-state index >= 15 is 0 Å². The third kappa shape index (κ3) is 6.07. The highest BCUT2D eigenvalue weighted by atomic mass is 16.5. The molecule has 0 aliphatic heterocycles. The van der Waals surface area contributed by atoms with Gasteiger partial charge in [0.15, 0.2) is 0 Å². The van der Waals surface area contributed by atoms with Crippen molar-refractivity contribution in [2.24, 2.45) is 5.92 Å². The summed E-state index contributed by atoms with van der Waals surface area (Å²) in [6.45, 7) is 6.13. The highest BCUT2D eigenvalue weighted by Crippen LogP contribution is 2.22. The molecule has 1 aromatic rings. The molecule has 0 radical (unpaired) electrons. The van der Waals surface area contributed by atoms with Crippen molar-refractivity contribution in [2.75, 3.05) is 21.3 Å². The van der Waals surface area contributed by atoms with E-state index in [1.807, 2.05) is 32.9 Å². The fourth-order valence-electron chi connectivity index (χ4n) is 2.55. The van der Waals surface area contributed by atoms with Crippen molar-refractivity contribution in [3.8, 4) is 0 Å². The monoisotopic (exact) mass is 393 g/mol. The van der Waals surface area contributed by atoms with Gasteiger partial charge in [0.1, 0.15) is 6.04 Å². The second kappa shape index (κ2) is 9.87. The van der Waals surface area contributed by atoms with Crippen LogP contribution in [-0.4, -0.2) is 51.2 Å². The van der Waals surface area contributed by atoms with Gasteiger partial charge in [-0.2, -0.15) is 0 Å². The molecule has 0 saturated carbocycles. The fraction of sp³-hybridized carbons (Fsp3) is 0.500. The normalized spacial score (nSPS) is 13.1. The lowest BCUT2D eigenvalue weighted by Gasteiger charge is -2.24. The van der Waals surface area contributed by atoms with Gasteiger partial charge in [-0.3, -0.25) is 14.4 Å². The van der Waals surface area contributed by atoms with E-state index in [1.54, 1.807) is 12.1 Å². The number of carbonyl (C=O) groups excluding carboxylic acids is 4. The summed E-state index contributed by atoms with van der Waals surface area (Å²) in [6.07, 6.45) is -0.452. The van der Waals surface area contributed by atoms with E-state index in [0.29, 0.717) is 5.56 Å². The molecule has 0 aliphatic rings. The zero-order chi connectivity index (χ0) is 21.5. The van der Waals surface area contributed by atoms with Crippen molar-refractivity contribution in [3.63, 3.8) is 0 Å². The van der Waals surface area contributed by atoms with Crippen LogP contribution in [0.1, 0.15) is 43.1 Å². The Hall–Kier alpha value is -2.90.